The van der Waals surface area contributed by atoms with Crippen LogP contribution in [-0.4, -0.2) is 11.3 Å². The van der Waals surface area contributed by atoms with E-state index in [4.69, 9.17) is 5.11 Å². The molecule has 0 radical (unpaired) electrons. The second-order valence-electron chi connectivity index (χ2n) is 1.86. The zero-order chi connectivity index (χ0) is 7.40. The zero-order valence-electron chi connectivity index (χ0n) is 5.24. The Kier molecular flexibility index (Phi) is 1.89. The van der Waals surface area contributed by atoms with Gasteiger partial charge in [-0.1, -0.05) is 6.07 Å². The van der Waals surface area contributed by atoms with Gasteiger partial charge < -0.3 is 10.3 Å². The fourth-order valence-electron chi connectivity index (χ4n) is 0.683. The summed E-state index contributed by atoms with van der Waals surface area (Å²) in [4.78, 5) is 0. The summed E-state index contributed by atoms with van der Waals surface area (Å²) in [6.45, 7) is 0. The highest BCUT2D eigenvalue weighted by Crippen LogP contribution is 2.07. The van der Waals surface area contributed by atoms with E-state index in [1.54, 1.807) is 23.4 Å². The number of hydrogen-bond donors (Lipinski definition) is 2. The maximum absolute atomic E-state index is 9.82. The topological polar surface area (TPSA) is 57.3 Å². The van der Waals surface area contributed by atoms with Crippen LogP contribution >= 0.6 is 0 Å². The third-order valence-corrected chi connectivity index (χ3v) is 1.10. The highest BCUT2D eigenvalue weighted by atomic mass is 16.4. The highest BCUT2D eigenvalue weighted by Gasteiger charge is 1.90. The molecule has 1 aromatic rings. The average Bonchev–Trinajstić information content (AvgIpc) is 1.88. The van der Waals surface area contributed by atoms with Crippen LogP contribution in [0.4, 0.5) is 0 Å². The molecular formula is C7H7NO2. The van der Waals surface area contributed by atoms with Gasteiger partial charge in [0.2, 0.25) is 0 Å². The summed E-state index contributed by atoms with van der Waals surface area (Å²) in [6.07, 6.45) is 1.26. The lowest BCUT2D eigenvalue weighted by molar-refractivity contribution is -0.366. The van der Waals surface area contributed by atoms with Crippen molar-refractivity contribution >= 4 is 6.21 Å². The lowest BCUT2D eigenvalue weighted by atomic mass is 10.2. The molecule has 0 aliphatic rings. The molecule has 0 saturated carbocycles. The van der Waals surface area contributed by atoms with Crippen molar-refractivity contribution in [3.63, 3.8) is 0 Å². The molecular weight excluding hydrogens is 130 g/mol. The molecule has 1 aromatic carbocycles. The molecule has 3 nitrogen and oxygen atoms in total. The quantitative estimate of drug-likeness (QED) is 0.308. The molecule has 2 N–H and O–H groups in total. The Morgan fingerprint density at radius 2 is 2.30 bits per heavy atom. The van der Waals surface area contributed by atoms with E-state index in [-0.39, 0.29) is 5.75 Å². The van der Waals surface area contributed by atoms with Gasteiger partial charge >= 0.3 is 0 Å². The summed E-state index contributed by atoms with van der Waals surface area (Å²) in [5.41, 5.74) is 0.662. The Balaban J connectivity index is 2.95. The van der Waals surface area contributed by atoms with Gasteiger partial charge in [-0.05, 0) is 18.2 Å². The first-order valence-corrected chi connectivity index (χ1v) is 2.83. The molecule has 0 aromatic heterocycles. The molecule has 52 valence electrons. The van der Waals surface area contributed by atoms with E-state index in [2.05, 4.69) is 0 Å². The van der Waals surface area contributed by atoms with E-state index >= 15 is 0 Å². The van der Waals surface area contributed by atoms with Gasteiger partial charge in [-0.15, -0.1) is 0 Å². The molecule has 0 fully saturated rings. The van der Waals surface area contributed by atoms with Crippen molar-refractivity contribution in [3.05, 3.63) is 35.0 Å². The Hall–Kier alpha value is -1.51. The maximum atomic E-state index is 9.82. The molecule has 0 unspecified atom stereocenters. The minimum absolute atomic E-state index is 0.156. The molecule has 3 heteroatoms. The summed E-state index contributed by atoms with van der Waals surface area (Å²) in [7, 11) is 0. The van der Waals surface area contributed by atoms with E-state index in [0.29, 0.717) is 5.56 Å². The van der Waals surface area contributed by atoms with Crippen LogP contribution in [0.3, 0.4) is 0 Å². The predicted octanol–water partition coefficient (Wildman–Crippen LogP) is -0.611. The minimum atomic E-state index is 0.156. The fraction of sp³-hybridized carbons (Fsp3) is 0. The van der Waals surface area contributed by atoms with Gasteiger partial charge in [-0.25, -0.2) is 5.16 Å². The second-order valence-corrected chi connectivity index (χ2v) is 1.86. The first-order valence-electron chi connectivity index (χ1n) is 2.83. The maximum Gasteiger partial charge on any atom is 0.180 e. The summed E-state index contributed by atoms with van der Waals surface area (Å²) in [6, 6.07) is 6.41. The second kappa shape index (κ2) is 2.87. The molecule has 0 aliphatic heterocycles. The molecule has 0 bridgehead atoms. The number of aromatic hydroxyl groups is 1. The Labute approximate surface area is 58.2 Å². The van der Waals surface area contributed by atoms with E-state index in [1.165, 1.54) is 12.3 Å². The number of phenolic OH excluding ortho intramolecular Hbond substituents is 1. The molecule has 0 aliphatic carbocycles. The van der Waals surface area contributed by atoms with Crippen molar-refractivity contribution in [2.45, 2.75) is 0 Å². The molecule has 0 heterocycles. The number of hydrogen-bond acceptors (Lipinski definition) is 2. The van der Waals surface area contributed by atoms with Crippen LogP contribution in [0.1, 0.15) is 5.56 Å². The molecule has 0 atom stereocenters. The lowest BCUT2D eigenvalue weighted by Crippen LogP contribution is -2.60. The van der Waals surface area contributed by atoms with Gasteiger partial charge in [0.25, 0.3) is 0 Å². The van der Waals surface area contributed by atoms with Crippen molar-refractivity contribution in [1.82, 2.24) is 0 Å². The molecule has 0 amide bonds. The molecule has 1 rings (SSSR count). The highest BCUT2D eigenvalue weighted by molar-refractivity contribution is 5.75. The number of nitrogens with one attached hydrogen (secondary N) is 1. The average molecular weight is 137 g/mol. The van der Waals surface area contributed by atoms with E-state index in [9.17, 15) is 5.21 Å². The van der Waals surface area contributed by atoms with Gasteiger partial charge in [0.15, 0.2) is 6.21 Å². The SMILES string of the molecule is [O-][NH+]=Cc1cccc(O)c1. The summed E-state index contributed by atoms with van der Waals surface area (Å²) in [5.74, 6) is 0.156. The number of benzene rings is 1. The third kappa shape index (κ3) is 1.48. The Morgan fingerprint density at radius 1 is 1.50 bits per heavy atom. The molecule has 0 saturated heterocycles. The van der Waals surface area contributed by atoms with Crippen molar-refractivity contribution in [3.8, 4) is 5.75 Å². The van der Waals surface area contributed by atoms with Crippen LogP contribution in [0.5, 0.6) is 5.75 Å². The van der Waals surface area contributed by atoms with Gasteiger partial charge in [0.1, 0.15) is 5.75 Å². The van der Waals surface area contributed by atoms with E-state index in [1.807, 2.05) is 0 Å². The van der Waals surface area contributed by atoms with Crippen LogP contribution in [0, 0.1) is 5.21 Å². The van der Waals surface area contributed by atoms with E-state index < -0.39 is 0 Å². The van der Waals surface area contributed by atoms with Crippen molar-refractivity contribution in [1.29, 1.82) is 0 Å². The van der Waals surface area contributed by atoms with Gasteiger partial charge in [0.05, 0.1) is 0 Å². The smallest absolute Gasteiger partial charge is 0.180 e. The summed E-state index contributed by atoms with van der Waals surface area (Å²) >= 11 is 0. The lowest BCUT2D eigenvalue weighted by Gasteiger charge is -1.90. The van der Waals surface area contributed by atoms with Gasteiger partial charge in [-0.2, -0.15) is 0 Å². The van der Waals surface area contributed by atoms with Crippen LogP contribution in [-0.2, 0) is 0 Å². The monoisotopic (exact) mass is 137 g/mol. The number of rotatable bonds is 1. The van der Waals surface area contributed by atoms with Crippen LogP contribution in [0.15, 0.2) is 24.3 Å². The minimum Gasteiger partial charge on any atom is -0.625 e. The molecule has 10 heavy (non-hydrogen) atoms. The van der Waals surface area contributed by atoms with Gasteiger partial charge in [0, 0.05) is 5.56 Å². The van der Waals surface area contributed by atoms with Crippen LogP contribution in [0.25, 0.3) is 0 Å². The van der Waals surface area contributed by atoms with Crippen LogP contribution < -0.4 is 5.16 Å². The first kappa shape index (κ1) is 6.61. The summed E-state index contributed by atoms with van der Waals surface area (Å²) in [5, 5.41) is 20.3. The Bertz CT molecular complexity index is 245. The standard InChI is InChI=1S/C7H7NO2/c9-7-3-1-2-6(4-7)5-8-10/h1-5,8H,(H-,9,10). The summed E-state index contributed by atoms with van der Waals surface area (Å²) < 4.78 is 0. The third-order valence-electron chi connectivity index (χ3n) is 1.10. The number of phenols is 1. The normalized spacial score (nSPS) is 10.4. The van der Waals surface area contributed by atoms with Crippen molar-refractivity contribution in [2.24, 2.45) is 0 Å². The van der Waals surface area contributed by atoms with Gasteiger partial charge in [-0.3, -0.25) is 0 Å². The Morgan fingerprint density at radius 3 is 2.90 bits per heavy atom. The first-order chi connectivity index (χ1) is 4.83. The van der Waals surface area contributed by atoms with Crippen LogP contribution in [0.2, 0.25) is 0 Å². The van der Waals surface area contributed by atoms with Crippen molar-refractivity contribution in [2.75, 3.05) is 0 Å². The molecule has 0 spiro atoms. The fourth-order valence-corrected chi connectivity index (χ4v) is 0.683. The van der Waals surface area contributed by atoms with E-state index in [0.717, 1.165) is 0 Å². The predicted molar refractivity (Wildman–Crippen MR) is 37.6 cm³/mol. The zero-order valence-corrected chi connectivity index (χ0v) is 5.24. The van der Waals surface area contributed by atoms with Crippen molar-refractivity contribution < 1.29 is 10.3 Å². The largest absolute Gasteiger partial charge is 0.625 e.